The van der Waals surface area contributed by atoms with Crippen molar-refractivity contribution in [2.45, 2.75) is 11.5 Å². The zero-order valence-electron chi connectivity index (χ0n) is 9.88. The Morgan fingerprint density at radius 1 is 0.750 bits per heavy atom. The molecule has 0 aliphatic rings. The molecule has 0 fully saturated rings. The molecule has 0 radical (unpaired) electrons. The van der Waals surface area contributed by atoms with Gasteiger partial charge in [0, 0.05) is 0 Å². The van der Waals surface area contributed by atoms with E-state index in [-0.39, 0.29) is 0 Å². The van der Waals surface area contributed by atoms with E-state index in [0.717, 1.165) is 12.2 Å². The third-order valence-electron chi connectivity index (χ3n) is 2.07. The molecule has 8 nitrogen and oxygen atoms in total. The maximum Gasteiger partial charge on any atom is 0.267 e. The molecule has 106 valence electrons. The SMILES string of the molecule is O=C=NS(=O)(=O)Cc1ccc(CS(=O)(=O)N=C=O)cc1. The fourth-order valence-electron chi connectivity index (χ4n) is 1.33. The third-order valence-corrected chi connectivity index (χ3v) is 4.18. The van der Waals surface area contributed by atoms with Crippen LogP contribution in [0.5, 0.6) is 0 Å². The second-order valence-electron chi connectivity index (χ2n) is 3.63. The van der Waals surface area contributed by atoms with Crippen molar-refractivity contribution in [1.82, 2.24) is 0 Å². The minimum absolute atomic E-state index is 0.323. The molecular formula is C10H8N2O6S2. The number of sulfonamides is 2. The van der Waals surface area contributed by atoms with Crippen LogP contribution in [0.25, 0.3) is 0 Å². The fraction of sp³-hybridized carbons (Fsp3) is 0.200. The second-order valence-corrected chi connectivity index (χ2v) is 6.90. The minimum atomic E-state index is -3.93. The van der Waals surface area contributed by atoms with E-state index in [1.165, 1.54) is 24.3 Å². The standard InChI is InChI=1S/C10H8N2O6S2/c13-7-11-19(15,16)5-9-1-2-10(4-3-9)6-20(17,18)12-8-14/h1-4H,5-6H2. The maximum absolute atomic E-state index is 11.2. The average Bonchev–Trinajstić information content (AvgIpc) is 2.30. The van der Waals surface area contributed by atoms with Gasteiger partial charge >= 0.3 is 0 Å². The lowest BCUT2D eigenvalue weighted by atomic mass is 10.2. The van der Waals surface area contributed by atoms with Crippen LogP contribution in [0.1, 0.15) is 11.1 Å². The molecule has 0 amide bonds. The Labute approximate surface area is 115 Å². The van der Waals surface area contributed by atoms with Gasteiger partial charge in [0.2, 0.25) is 0 Å². The summed E-state index contributed by atoms with van der Waals surface area (Å²) < 4.78 is 50.2. The van der Waals surface area contributed by atoms with Gasteiger partial charge in [-0.2, -0.15) is 0 Å². The number of isocyanates is 2. The molecule has 1 aromatic carbocycles. The summed E-state index contributed by atoms with van der Waals surface area (Å²) >= 11 is 0. The van der Waals surface area contributed by atoms with E-state index in [2.05, 4.69) is 8.80 Å². The normalized spacial score (nSPS) is 11.2. The first-order valence-electron chi connectivity index (χ1n) is 4.99. The highest BCUT2D eigenvalue weighted by molar-refractivity contribution is 7.89. The number of carbonyl (C=O) groups excluding carboxylic acids is 2. The Morgan fingerprint density at radius 2 is 1.05 bits per heavy atom. The van der Waals surface area contributed by atoms with Gasteiger partial charge in [-0.15, -0.1) is 0 Å². The molecule has 0 heterocycles. The van der Waals surface area contributed by atoms with Crippen molar-refractivity contribution in [2.75, 3.05) is 0 Å². The van der Waals surface area contributed by atoms with Crippen LogP contribution in [-0.2, 0) is 41.1 Å². The molecule has 20 heavy (non-hydrogen) atoms. The summed E-state index contributed by atoms with van der Waals surface area (Å²) in [5, 5.41) is 0. The van der Waals surface area contributed by atoms with Gasteiger partial charge in [-0.05, 0) is 11.1 Å². The van der Waals surface area contributed by atoms with Gasteiger partial charge < -0.3 is 0 Å². The first-order valence-corrected chi connectivity index (χ1v) is 8.21. The highest BCUT2D eigenvalue weighted by atomic mass is 32.2. The van der Waals surface area contributed by atoms with Crippen LogP contribution >= 0.6 is 0 Å². The van der Waals surface area contributed by atoms with Crippen LogP contribution in [0, 0.1) is 0 Å². The van der Waals surface area contributed by atoms with E-state index < -0.39 is 31.6 Å². The maximum atomic E-state index is 11.2. The van der Waals surface area contributed by atoms with Crippen molar-refractivity contribution in [3.05, 3.63) is 35.4 Å². The molecular weight excluding hydrogens is 308 g/mol. The molecule has 0 spiro atoms. The monoisotopic (exact) mass is 316 g/mol. The van der Waals surface area contributed by atoms with Crippen molar-refractivity contribution in [1.29, 1.82) is 0 Å². The number of nitrogens with zero attached hydrogens (tertiary/aromatic N) is 2. The van der Waals surface area contributed by atoms with Crippen molar-refractivity contribution in [3.8, 4) is 0 Å². The number of rotatable bonds is 6. The fourth-order valence-corrected chi connectivity index (χ4v) is 2.91. The molecule has 0 aliphatic carbocycles. The first kappa shape index (κ1) is 15.9. The van der Waals surface area contributed by atoms with Gasteiger partial charge in [0.25, 0.3) is 32.2 Å². The Balaban J connectivity index is 2.90. The van der Waals surface area contributed by atoms with E-state index in [1.54, 1.807) is 0 Å². The smallest absolute Gasteiger partial charge is 0.210 e. The van der Waals surface area contributed by atoms with Gasteiger partial charge in [-0.1, -0.05) is 33.1 Å². The van der Waals surface area contributed by atoms with Gasteiger partial charge in [0.05, 0.1) is 11.5 Å². The topological polar surface area (TPSA) is 127 Å². The van der Waals surface area contributed by atoms with Crippen molar-refractivity contribution in [2.24, 2.45) is 8.80 Å². The van der Waals surface area contributed by atoms with Crippen molar-refractivity contribution >= 4 is 32.2 Å². The van der Waals surface area contributed by atoms with E-state index in [4.69, 9.17) is 0 Å². The quantitative estimate of drug-likeness (QED) is 0.537. The van der Waals surface area contributed by atoms with E-state index in [1.807, 2.05) is 0 Å². The molecule has 0 aliphatic heterocycles. The molecule has 0 unspecified atom stereocenters. The van der Waals surface area contributed by atoms with E-state index in [9.17, 15) is 26.4 Å². The highest BCUT2D eigenvalue weighted by Gasteiger charge is 2.12. The molecule has 0 N–H and O–H groups in total. The van der Waals surface area contributed by atoms with E-state index >= 15 is 0 Å². The van der Waals surface area contributed by atoms with Crippen LogP contribution in [-0.4, -0.2) is 29.0 Å². The average molecular weight is 316 g/mol. The number of benzene rings is 1. The largest absolute Gasteiger partial charge is 0.267 e. The van der Waals surface area contributed by atoms with Gasteiger partial charge in [-0.3, -0.25) is 0 Å². The predicted molar refractivity (Wildman–Crippen MR) is 67.9 cm³/mol. The molecule has 0 saturated heterocycles. The summed E-state index contributed by atoms with van der Waals surface area (Å²) in [6, 6.07) is 5.47. The van der Waals surface area contributed by atoms with Crippen molar-refractivity contribution < 1.29 is 26.4 Å². The van der Waals surface area contributed by atoms with E-state index in [0.29, 0.717) is 11.1 Å². The summed E-state index contributed by atoms with van der Waals surface area (Å²) in [6.45, 7) is 0. The zero-order chi connectivity index (χ0) is 15.2. The number of hydrogen-bond acceptors (Lipinski definition) is 6. The summed E-state index contributed by atoms with van der Waals surface area (Å²) in [4.78, 5) is 19.8. The lowest BCUT2D eigenvalue weighted by Gasteiger charge is -2.01. The van der Waals surface area contributed by atoms with Gasteiger partial charge in [0.1, 0.15) is 0 Å². The molecule has 10 heteroatoms. The molecule has 0 aromatic heterocycles. The Morgan fingerprint density at radius 3 is 1.30 bits per heavy atom. The summed E-state index contributed by atoms with van der Waals surface area (Å²) in [6.07, 6.45) is 1.89. The molecule has 0 atom stereocenters. The lowest BCUT2D eigenvalue weighted by Crippen LogP contribution is -2.02. The van der Waals surface area contributed by atoms with Crippen LogP contribution in [0.4, 0.5) is 0 Å². The van der Waals surface area contributed by atoms with Crippen LogP contribution in [0.15, 0.2) is 33.1 Å². The Kier molecular flexibility index (Phi) is 5.06. The van der Waals surface area contributed by atoms with Crippen LogP contribution < -0.4 is 0 Å². The lowest BCUT2D eigenvalue weighted by molar-refractivity contribution is 0.562. The van der Waals surface area contributed by atoms with Gasteiger partial charge in [-0.25, -0.2) is 26.4 Å². The molecule has 0 saturated carbocycles. The Bertz CT molecular complexity index is 714. The summed E-state index contributed by atoms with van der Waals surface area (Å²) in [5.74, 6) is -0.997. The van der Waals surface area contributed by atoms with Gasteiger partial charge in [0.15, 0.2) is 0 Å². The van der Waals surface area contributed by atoms with Crippen LogP contribution in [0.3, 0.4) is 0 Å². The zero-order valence-corrected chi connectivity index (χ0v) is 11.5. The highest BCUT2D eigenvalue weighted by Crippen LogP contribution is 2.12. The predicted octanol–water partition coefficient (Wildman–Crippen LogP) is 0.0178. The summed E-state index contributed by atoms with van der Waals surface area (Å²) in [5.41, 5.74) is 0.646. The Hall–Kier alpha value is -2.12. The third kappa shape index (κ3) is 5.25. The molecule has 1 rings (SSSR count). The molecule has 1 aromatic rings. The first-order chi connectivity index (χ1) is 9.28. The number of hydrogen-bond donors (Lipinski definition) is 0. The van der Waals surface area contributed by atoms with Crippen LogP contribution in [0.2, 0.25) is 0 Å². The van der Waals surface area contributed by atoms with Crippen molar-refractivity contribution in [3.63, 3.8) is 0 Å². The molecule has 0 bridgehead atoms. The summed E-state index contributed by atoms with van der Waals surface area (Å²) in [7, 11) is -7.86. The second kappa shape index (κ2) is 6.36. The minimum Gasteiger partial charge on any atom is -0.210 e.